The highest BCUT2D eigenvalue weighted by Crippen LogP contribution is 2.42. The number of rotatable bonds is 5. The lowest BCUT2D eigenvalue weighted by Gasteiger charge is -2.18. The lowest BCUT2D eigenvalue weighted by Crippen LogP contribution is -2.33. The topological polar surface area (TPSA) is 43.3 Å². The molecule has 2 aromatic rings. The van der Waals surface area contributed by atoms with Gasteiger partial charge >= 0.3 is 0 Å². The van der Waals surface area contributed by atoms with E-state index in [1.807, 2.05) is 35.0 Å². The number of nitrogens with one attached hydrogen (secondary N) is 1. The lowest BCUT2D eigenvalue weighted by molar-refractivity contribution is -0.121. The van der Waals surface area contributed by atoms with Crippen molar-refractivity contribution in [2.24, 2.45) is 17.8 Å². The van der Waals surface area contributed by atoms with Crippen LogP contribution in [0.1, 0.15) is 12.8 Å². The number of ether oxygens (including phenoxy) is 1. The van der Waals surface area contributed by atoms with Gasteiger partial charge in [-0.05, 0) is 42.7 Å². The van der Waals surface area contributed by atoms with Crippen LogP contribution in [0.25, 0.3) is 10.9 Å². The molecule has 120 valence electrons. The van der Waals surface area contributed by atoms with Gasteiger partial charge in [-0.15, -0.1) is 0 Å². The van der Waals surface area contributed by atoms with Gasteiger partial charge in [-0.1, -0.05) is 24.3 Å². The highest BCUT2D eigenvalue weighted by molar-refractivity contribution is 5.87. The molecule has 4 nitrogen and oxygen atoms in total. The van der Waals surface area contributed by atoms with Gasteiger partial charge in [0, 0.05) is 18.1 Å². The Morgan fingerprint density at radius 2 is 2.22 bits per heavy atom. The molecule has 0 unspecified atom stereocenters. The molecule has 4 heteroatoms. The standard InChI is InChI=1S/C19H22N2O2/c1-23-17-4-2-3-14-7-8-21(19(14)17)12-18(22)20-11-16-10-13-5-6-15(16)9-13/h2-8,13,15-16H,9-12H2,1H3,(H,20,22)/t13-,15+,16-/m0/s1. The molecule has 23 heavy (non-hydrogen) atoms. The van der Waals surface area contributed by atoms with Gasteiger partial charge in [-0.2, -0.15) is 0 Å². The van der Waals surface area contributed by atoms with E-state index < -0.39 is 0 Å². The highest BCUT2D eigenvalue weighted by atomic mass is 16.5. The molecule has 0 saturated heterocycles. The molecule has 2 aliphatic rings. The van der Waals surface area contributed by atoms with Crippen LogP contribution in [0.3, 0.4) is 0 Å². The predicted octanol–water partition coefficient (Wildman–Crippen LogP) is 2.98. The first-order valence-electron chi connectivity index (χ1n) is 8.31. The van der Waals surface area contributed by atoms with E-state index in [9.17, 15) is 4.79 Å². The monoisotopic (exact) mass is 310 g/mol. The fourth-order valence-corrected chi connectivity index (χ4v) is 4.11. The third-order valence-corrected chi connectivity index (χ3v) is 5.26. The smallest absolute Gasteiger partial charge is 0.239 e. The van der Waals surface area contributed by atoms with Crippen LogP contribution in [0, 0.1) is 17.8 Å². The Morgan fingerprint density at radius 3 is 2.96 bits per heavy atom. The Labute approximate surface area is 136 Å². The summed E-state index contributed by atoms with van der Waals surface area (Å²) in [6.07, 6.45) is 9.12. The third-order valence-electron chi connectivity index (χ3n) is 5.26. The molecular formula is C19H22N2O2. The summed E-state index contributed by atoms with van der Waals surface area (Å²) in [5, 5.41) is 4.21. The largest absolute Gasteiger partial charge is 0.495 e. The first-order valence-corrected chi connectivity index (χ1v) is 8.31. The minimum absolute atomic E-state index is 0.0696. The number of hydrogen-bond donors (Lipinski definition) is 1. The van der Waals surface area contributed by atoms with Crippen molar-refractivity contribution in [1.29, 1.82) is 0 Å². The van der Waals surface area contributed by atoms with E-state index in [1.54, 1.807) is 7.11 Å². The van der Waals surface area contributed by atoms with Crippen LogP contribution in [0.5, 0.6) is 5.75 Å². The van der Waals surface area contributed by atoms with Crippen molar-refractivity contribution in [2.45, 2.75) is 19.4 Å². The highest BCUT2D eigenvalue weighted by Gasteiger charge is 2.35. The first-order chi connectivity index (χ1) is 11.2. The van der Waals surface area contributed by atoms with E-state index >= 15 is 0 Å². The maximum Gasteiger partial charge on any atom is 0.239 e. The van der Waals surface area contributed by atoms with Crippen molar-refractivity contribution in [1.82, 2.24) is 9.88 Å². The van der Waals surface area contributed by atoms with Crippen LogP contribution in [0.4, 0.5) is 0 Å². The minimum Gasteiger partial charge on any atom is -0.495 e. The zero-order valence-electron chi connectivity index (χ0n) is 13.4. The zero-order chi connectivity index (χ0) is 15.8. The van der Waals surface area contributed by atoms with Gasteiger partial charge in [-0.25, -0.2) is 0 Å². The molecule has 0 radical (unpaired) electrons. The Morgan fingerprint density at radius 1 is 1.30 bits per heavy atom. The third kappa shape index (κ3) is 2.62. The molecule has 1 saturated carbocycles. The number of methoxy groups -OCH3 is 1. The van der Waals surface area contributed by atoms with Crippen LogP contribution in [-0.2, 0) is 11.3 Å². The molecule has 1 aromatic carbocycles. The van der Waals surface area contributed by atoms with Gasteiger partial charge in [0.1, 0.15) is 12.3 Å². The van der Waals surface area contributed by atoms with E-state index in [-0.39, 0.29) is 5.91 Å². The van der Waals surface area contributed by atoms with Gasteiger partial charge in [-0.3, -0.25) is 4.79 Å². The predicted molar refractivity (Wildman–Crippen MR) is 90.3 cm³/mol. The van der Waals surface area contributed by atoms with Gasteiger partial charge in [0.15, 0.2) is 0 Å². The summed E-state index contributed by atoms with van der Waals surface area (Å²) in [6.45, 7) is 1.13. The summed E-state index contributed by atoms with van der Waals surface area (Å²) in [4.78, 5) is 12.3. The molecule has 1 heterocycles. The van der Waals surface area contributed by atoms with Crippen LogP contribution < -0.4 is 10.1 Å². The molecule has 3 atom stereocenters. The molecule has 1 fully saturated rings. The SMILES string of the molecule is COc1cccc2ccn(CC(=O)NC[C@@H]3C[C@H]4C=C[C@@H]3C4)c12. The summed E-state index contributed by atoms with van der Waals surface area (Å²) in [5.41, 5.74) is 0.980. The van der Waals surface area contributed by atoms with Crippen molar-refractivity contribution in [3.8, 4) is 5.75 Å². The molecule has 0 aliphatic heterocycles. The number of fused-ring (bicyclic) bond motifs is 3. The van der Waals surface area contributed by atoms with E-state index in [4.69, 9.17) is 4.74 Å². The van der Waals surface area contributed by atoms with Crippen LogP contribution in [-0.4, -0.2) is 24.1 Å². The molecule has 1 N–H and O–H groups in total. The second-order valence-electron chi connectivity index (χ2n) is 6.69. The Bertz CT molecular complexity index is 762. The number of benzene rings is 1. The normalized spacial score (nSPS) is 25.2. The summed E-state index contributed by atoms with van der Waals surface area (Å²) in [7, 11) is 1.66. The average Bonchev–Trinajstić information content (AvgIpc) is 3.28. The quantitative estimate of drug-likeness (QED) is 0.863. The van der Waals surface area contributed by atoms with E-state index in [0.29, 0.717) is 18.4 Å². The number of carbonyl (C=O) groups excluding carboxylic acids is 1. The summed E-state index contributed by atoms with van der Waals surface area (Å²) in [6, 6.07) is 7.95. The number of allylic oxidation sites excluding steroid dienone is 2. The fraction of sp³-hybridized carbons (Fsp3) is 0.421. The second-order valence-corrected chi connectivity index (χ2v) is 6.69. The molecule has 0 spiro atoms. The summed E-state index contributed by atoms with van der Waals surface area (Å²) >= 11 is 0. The van der Waals surface area contributed by atoms with E-state index in [1.165, 1.54) is 12.8 Å². The molecular weight excluding hydrogens is 288 g/mol. The molecule has 2 aliphatic carbocycles. The number of hydrogen-bond acceptors (Lipinski definition) is 2. The maximum absolute atomic E-state index is 12.3. The molecule has 2 bridgehead atoms. The maximum atomic E-state index is 12.3. The van der Waals surface area contributed by atoms with Crippen LogP contribution >= 0.6 is 0 Å². The molecule has 1 aromatic heterocycles. The molecule has 1 amide bonds. The minimum atomic E-state index is 0.0696. The van der Waals surface area contributed by atoms with Gasteiger partial charge in [0.25, 0.3) is 0 Å². The second kappa shape index (κ2) is 5.76. The number of para-hydroxylation sites is 1. The Balaban J connectivity index is 1.42. The average molecular weight is 310 g/mol. The number of carbonyl (C=O) groups is 1. The van der Waals surface area contributed by atoms with Crippen molar-refractivity contribution >= 4 is 16.8 Å². The van der Waals surface area contributed by atoms with Crippen molar-refractivity contribution < 1.29 is 9.53 Å². The van der Waals surface area contributed by atoms with Crippen LogP contribution in [0.15, 0.2) is 42.6 Å². The van der Waals surface area contributed by atoms with E-state index in [2.05, 4.69) is 17.5 Å². The van der Waals surface area contributed by atoms with Crippen molar-refractivity contribution in [2.75, 3.05) is 13.7 Å². The Hall–Kier alpha value is -2.23. The van der Waals surface area contributed by atoms with Gasteiger partial charge in [0.05, 0.1) is 12.6 Å². The molecule has 4 rings (SSSR count). The van der Waals surface area contributed by atoms with Gasteiger partial charge < -0.3 is 14.6 Å². The first kappa shape index (κ1) is 14.4. The Kier molecular flexibility index (Phi) is 3.60. The lowest BCUT2D eigenvalue weighted by atomic mass is 9.94. The van der Waals surface area contributed by atoms with Crippen molar-refractivity contribution in [3.63, 3.8) is 0 Å². The van der Waals surface area contributed by atoms with E-state index in [0.717, 1.165) is 29.1 Å². The summed E-state index contributed by atoms with van der Waals surface area (Å²) in [5.74, 6) is 2.91. The number of amides is 1. The van der Waals surface area contributed by atoms with Gasteiger partial charge in [0.2, 0.25) is 5.91 Å². The summed E-state index contributed by atoms with van der Waals surface area (Å²) < 4.78 is 7.39. The zero-order valence-corrected chi connectivity index (χ0v) is 13.4. The number of nitrogens with zero attached hydrogens (tertiary/aromatic N) is 1. The van der Waals surface area contributed by atoms with Crippen molar-refractivity contribution in [3.05, 3.63) is 42.6 Å². The fourth-order valence-electron chi connectivity index (χ4n) is 4.11. The van der Waals surface area contributed by atoms with Crippen LogP contribution in [0.2, 0.25) is 0 Å². The number of aromatic nitrogens is 1.